The lowest BCUT2D eigenvalue weighted by Crippen LogP contribution is -2.43. The van der Waals surface area contributed by atoms with Crippen LogP contribution in [0.2, 0.25) is 0 Å². The van der Waals surface area contributed by atoms with E-state index >= 15 is 0 Å². The topological polar surface area (TPSA) is 20.2 Å². The largest absolute Gasteiger partial charge is 0.425 e. The van der Waals surface area contributed by atoms with Crippen LogP contribution in [-0.4, -0.2) is 11.3 Å². The van der Waals surface area contributed by atoms with Gasteiger partial charge < -0.3 is 5.11 Å². The van der Waals surface area contributed by atoms with Gasteiger partial charge in [-0.25, -0.2) is 0 Å². The summed E-state index contributed by atoms with van der Waals surface area (Å²) in [6, 6.07) is 14.1. The number of rotatable bonds is 2. The molecule has 0 radical (unpaired) electrons. The van der Waals surface area contributed by atoms with Gasteiger partial charge in [-0.3, -0.25) is 0 Å². The van der Waals surface area contributed by atoms with Gasteiger partial charge in [0, 0.05) is 0 Å². The summed E-state index contributed by atoms with van der Waals surface area (Å²) in [5.74, 6) is 0. The second kappa shape index (κ2) is 4.46. The fraction of sp³-hybridized carbons (Fsp3) is 0.143. The molecule has 18 heavy (non-hydrogen) atoms. The van der Waals surface area contributed by atoms with Crippen LogP contribution < -0.4 is 0 Å². The van der Waals surface area contributed by atoms with Crippen molar-refractivity contribution in [3.63, 3.8) is 0 Å². The highest BCUT2D eigenvalue weighted by atomic mass is 19.4. The van der Waals surface area contributed by atoms with Crippen molar-refractivity contribution in [2.45, 2.75) is 11.8 Å². The molecule has 0 aromatic heterocycles. The van der Waals surface area contributed by atoms with Gasteiger partial charge >= 0.3 is 6.18 Å². The van der Waals surface area contributed by atoms with Gasteiger partial charge in [0.1, 0.15) is 0 Å². The van der Waals surface area contributed by atoms with Crippen LogP contribution in [0.1, 0.15) is 11.1 Å². The summed E-state index contributed by atoms with van der Waals surface area (Å²) >= 11 is 0. The van der Waals surface area contributed by atoms with E-state index in [1.54, 1.807) is 12.1 Å². The number of hydrogen-bond acceptors (Lipinski definition) is 1. The molecule has 1 nitrogen and oxygen atoms in total. The third-order valence-corrected chi connectivity index (χ3v) is 2.79. The Morgan fingerprint density at radius 1 is 0.667 bits per heavy atom. The zero-order valence-electron chi connectivity index (χ0n) is 9.35. The molecule has 0 aliphatic rings. The molecule has 0 fully saturated rings. The van der Waals surface area contributed by atoms with Crippen LogP contribution in [0.25, 0.3) is 0 Å². The van der Waals surface area contributed by atoms with Gasteiger partial charge in [0.15, 0.2) is 0 Å². The second-order valence-electron chi connectivity index (χ2n) is 3.94. The zero-order valence-corrected chi connectivity index (χ0v) is 9.35. The average molecular weight is 251 g/mol. The highest BCUT2D eigenvalue weighted by Crippen LogP contribution is 2.43. The Balaban J connectivity index is 2.63. The van der Waals surface area contributed by atoms with Gasteiger partial charge in [-0.2, -0.15) is 13.2 Å². The number of hydrogen-bond donors (Lipinski definition) is 1. The number of halogens is 3. The van der Waals surface area contributed by atoms with Crippen LogP contribution in [0.5, 0.6) is 0 Å². The zero-order chi connectivity index (χ0) is 13.2. The van der Waals surface area contributed by atoms with E-state index in [0.717, 1.165) is 0 Å². The van der Waals surface area contributed by atoms with Gasteiger partial charge in [0.2, 0.25) is 5.60 Å². The molecule has 0 spiro atoms. The summed E-state index contributed by atoms with van der Waals surface area (Å²) in [6.45, 7) is 0. The lowest BCUT2D eigenvalue weighted by molar-refractivity contribution is -0.248. The lowest BCUT2D eigenvalue weighted by atomic mass is 9.67. The molecule has 0 aliphatic carbocycles. The van der Waals surface area contributed by atoms with Crippen molar-refractivity contribution in [2.75, 3.05) is 0 Å². The Morgan fingerprint density at radius 3 is 1.28 bits per heavy atom. The van der Waals surface area contributed by atoms with E-state index in [9.17, 15) is 18.3 Å². The van der Waals surface area contributed by atoms with Crippen molar-refractivity contribution < 1.29 is 18.3 Å². The predicted octanol–water partition coefficient (Wildman–Crippen LogP) is 3.48. The van der Waals surface area contributed by atoms with Gasteiger partial charge in [-0.05, 0) is 11.1 Å². The molecule has 0 aliphatic heterocycles. The summed E-state index contributed by atoms with van der Waals surface area (Å²) in [6.07, 6.45) is -4.78. The Morgan fingerprint density at radius 2 is 1.00 bits per heavy atom. The van der Waals surface area contributed by atoms with E-state index in [4.69, 9.17) is 0 Å². The molecule has 0 saturated carbocycles. The minimum Gasteiger partial charge on any atom is -0.372 e. The van der Waals surface area contributed by atoms with Crippen molar-refractivity contribution in [3.05, 3.63) is 71.8 Å². The van der Waals surface area contributed by atoms with Crippen LogP contribution >= 0.6 is 0 Å². The molecule has 0 heterocycles. The molecule has 2 aromatic carbocycles. The fourth-order valence-electron chi connectivity index (χ4n) is 1.85. The predicted molar refractivity (Wildman–Crippen MR) is 61.9 cm³/mol. The fourth-order valence-corrected chi connectivity index (χ4v) is 1.85. The summed E-state index contributed by atoms with van der Waals surface area (Å²) in [5, 5.41) is 10.2. The quantitative estimate of drug-likeness (QED) is 0.866. The van der Waals surface area contributed by atoms with Crippen molar-refractivity contribution >= 4 is 0 Å². The van der Waals surface area contributed by atoms with Crippen molar-refractivity contribution in [1.29, 1.82) is 0 Å². The van der Waals surface area contributed by atoms with E-state index in [1.165, 1.54) is 48.5 Å². The molecular weight excluding hydrogens is 240 g/mol. The molecule has 0 bridgehead atoms. The molecule has 0 atom stereocenters. The molecular formula is C14H11F3O. The van der Waals surface area contributed by atoms with E-state index in [2.05, 4.69) is 0 Å². The molecule has 0 amide bonds. The van der Waals surface area contributed by atoms with Gasteiger partial charge in [0.05, 0.1) is 0 Å². The molecule has 0 unspecified atom stereocenters. The maximum Gasteiger partial charge on any atom is 0.425 e. The van der Waals surface area contributed by atoms with Crippen LogP contribution in [0.4, 0.5) is 13.2 Å². The number of alkyl halides is 3. The third-order valence-electron chi connectivity index (χ3n) is 2.79. The molecule has 2 aromatic rings. The highest BCUT2D eigenvalue weighted by molar-refractivity contribution is 5.37. The van der Waals surface area contributed by atoms with Crippen molar-refractivity contribution in [2.24, 2.45) is 0 Å². The summed E-state index contributed by atoms with van der Waals surface area (Å²) < 4.78 is 39.7. The number of benzene rings is 2. The number of aliphatic hydroxyl groups is 1. The Bertz CT molecular complexity index is 466. The van der Waals surface area contributed by atoms with E-state index in [-0.39, 0.29) is 11.1 Å². The standard InChI is InChI=1S/C14H11F3O/c15-14(16,17)13(18,11-7-3-1-4-8-11)12-9-5-2-6-10-12/h1-10,18H/i14-1. The van der Waals surface area contributed by atoms with Crippen LogP contribution in [0, 0.1) is 0 Å². The smallest absolute Gasteiger partial charge is 0.372 e. The monoisotopic (exact) mass is 251 g/mol. The molecule has 4 heteroatoms. The van der Waals surface area contributed by atoms with Gasteiger partial charge in [-0.1, -0.05) is 60.7 Å². The molecule has 1 N–H and O–H groups in total. The van der Waals surface area contributed by atoms with Crippen LogP contribution in [0.15, 0.2) is 60.7 Å². The lowest BCUT2D eigenvalue weighted by Gasteiger charge is -2.31. The summed E-state index contributed by atoms with van der Waals surface area (Å²) in [7, 11) is 0. The first-order valence-electron chi connectivity index (χ1n) is 5.36. The maximum atomic E-state index is 13.2. The first-order chi connectivity index (χ1) is 8.46. The second-order valence-corrected chi connectivity index (χ2v) is 3.94. The SMILES string of the molecule is OC(c1ccccc1)(c1ccccc1)[11C](F)(F)F. The normalized spacial score (nSPS) is 12.4. The van der Waals surface area contributed by atoms with E-state index in [0.29, 0.717) is 0 Å². The first kappa shape index (κ1) is 12.6. The van der Waals surface area contributed by atoms with Crippen LogP contribution in [-0.2, 0) is 5.60 Å². The Labute approximate surface area is 103 Å². The Kier molecular flexibility index (Phi) is 3.13. The Hall–Kier alpha value is -1.81. The van der Waals surface area contributed by atoms with Gasteiger partial charge in [-0.15, -0.1) is 0 Å². The van der Waals surface area contributed by atoms with Crippen molar-refractivity contribution in [3.8, 4) is 0 Å². The third kappa shape index (κ3) is 1.99. The maximum absolute atomic E-state index is 13.2. The highest BCUT2D eigenvalue weighted by Gasteiger charge is 2.56. The average Bonchev–Trinajstić information content (AvgIpc) is 2.38. The van der Waals surface area contributed by atoms with Crippen LogP contribution in [0.3, 0.4) is 0 Å². The summed E-state index contributed by atoms with van der Waals surface area (Å²) in [5.41, 5.74) is -3.36. The molecule has 2 rings (SSSR count). The first-order valence-corrected chi connectivity index (χ1v) is 5.36. The van der Waals surface area contributed by atoms with Gasteiger partial charge in [0.25, 0.3) is 0 Å². The minimum atomic E-state index is -4.78. The molecule has 94 valence electrons. The molecule has 0 saturated heterocycles. The summed E-state index contributed by atoms with van der Waals surface area (Å²) in [4.78, 5) is 0. The minimum absolute atomic E-state index is 0.191. The van der Waals surface area contributed by atoms with Crippen molar-refractivity contribution in [1.82, 2.24) is 0 Å². The van der Waals surface area contributed by atoms with E-state index in [1.807, 2.05) is 0 Å². The van der Waals surface area contributed by atoms with E-state index < -0.39 is 11.8 Å².